The molecule has 0 bridgehead atoms. The van der Waals surface area contributed by atoms with Crippen LogP contribution >= 0.6 is 23.6 Å². The second-order valence-corrected chi connectivity index (χ2v) is 5.70. The Bertz CT molecular complexity index is 573. The van der Waals surface area contributed by atoms with Crippen LogP contribution in [0.2, 0.25) is 0 Å². The van der Waals surface area contributed by atoms with Crippen molar-refractivity contribution in [3.05, 3.63) is 35.2 Å². The molecule has 0 spiro atoms. The van der Waals surface area contributed by atoms with E-state index in [-0.39, 0.29) is 11.9 Å². The van der Waals surface area contributed by atoms with Crippen molar-refractivity contribution < 1.29 is 4.79 Å². The van der Waals surface area contributed by atoms with Gasteiger partial charge in [-0.2, -0.15) is 0 Å². The quantitative estimate of drug-likeness (QED) is 0.878. The highest BCUT2D eigenvalue weighted by Gasteiger charge is 2.20. The van der Waals surface area contributed by atoms with Gasteiger partial charge in [0.25, 0.3) is 5.91 Å². The number of nitrogens with zero attached hydrogens (tertiary/aromatic N) is 1. The summed E-state index contributed by atoms with van der Waals surface area (Å²) in [5.41, 5.74) is 5.57. The number of nitrogens with two attached hydrogens (primary N) is 1. The summed E-state index contributed by atoms with van der Waals surface area (Å²) in [5.74, 6) is -0.0449. The SMILES string of the molecule is CC(C(N)=S)N(C)C(=O)c1cc2ccccc2s1. The molecule has 0 fully saturated rings. The molecule has 1 atom stereocenters. The average Bonchev–Trinajstić information content (AvgIpc) is 2.79. The Labute approximate surface area is 115 Å². The van der Waals surface area contributed by atoms with E-state index in [2.05, 4.69) is 0 Å². The molecule has 0 aliphatic rings. The van der Waals surface area contributed by atoms with Gasteiger partial charge in [0.05, 0.1) is 15.9 Å². The van der Waals surface area contributed by atoms with Crippen LogP contribution in [0, 0.1) is 0 Å². The maximum absolute atomic E-state index is 12.3. The Hall–Kier alpha value is -1.46. The number of hydrogen-bond donors (Lipinski definition) is 1. The van der Waals surface area contributed by atoms with Gasteiger partial charge in [-0.1, -0.05) is 30.4 Å². The van der Waals surface area contributed by atoms with E-state index < -0.39 is 0 Å². The fourth-order valence-electron chi connectivity index (χ4n) is 1.63. The molecule has 5 heteroatoms. The zero-order valence-corrected chi connectivity index (χ0v) is 11.8. The lowest BCUT2D eigenvalue weighted by Gasteiger charge is -2.23. The van der Waals surface area contributed by atoms with Gasteiger partial charge in [0, 0.05) is 11.7 Å². The molecule has 0 saturated heterocycles. The highest BCUT2D eigenvalue weighted by molar-refractivity contribution is 7.80. The van der Waals surface area contributed by atoms with Gasteiger partial charge in [0.15, 0.2) is 0 Å². The molecular formula is C13H14N2OS2. The fraction of sp³-hybridized carbons (Fsp3) is 0.231. The van der Waals surface area contributed by atoms with Crippen molar-refractivity contribution in [2.24, 2.45) is 5.73 Å². The number of fused-ring (bicyclic) bond motifs is 1. The standard InChI is InChI=1S/C13H14N2OS2/c1-8(12(14)17)15(2)13(16)11-7-9-5-3-4-6-10(9)18-11/h3-8H,1-2H3,(H2,14,17). The molecule has 1 unspecified atom stereocenters. The number of benzene rings is 1. The lowest BCUT2D eigenvalue weighted by molar-refractivity contribution is 0.0784. The van der Waals surface area contributed by atoms with Gasteiger partial charge >= 0.3 is 0 Å². The van der Waals surface area contributed by atoms with Gasteiger partial charge in [0.1, 0.15) is 0 Å². The molecule has 2 aromatic rings. The maximum Gasteiger partial charge on any atom is 0.264 e. The van der Waals surface area contributed by atoms with E-state index in [9.17, 15) is 4.79 Å². The molecule has 0 aliphatic heterocycles. The summed E-state index contributed by atoms with van der Waals surface area (Å²) in [6.45, 7) is 1.83. The highest BCUT2D eigenvalue weighted by atomic mass is 32.1. The summed E-state index contributed by atoms with van der Waals surface area (Å²) in [7, 11) is 1.72. The van der Waals surface area contributed by atoms with Gasteiger partial charge in [-0.05, 0) is 24.4 Å². The van der Waals surface area contributed by atoms with Crippen molar-refractivity contribution in [1.29, 1.82) is 0 Å². The topological polar surface area (TPSA) is 46.3 Å². The van der Waals surface area contributed by atoms with Gasteiger partial charge in [-0.3, -0.25) is 4.79 Å². The van der Waals surface area contributed by atoms with Crippen LogP contribution in [0.25, 0.3) is 10.1 Å². The molecular weight excluding hydrogens is 264 g/mol. The second-order valence-electron chi connectivity index (χ2n) is 4.14. The van der Waals surface area contributed by atoms with Gasteiger partial charge in [0.2, 0.25) is 0 Å². The Balaban J connectivity index is 2.31. The van der Waals surface area contributed by atoms with E-state index in [1.165, 1.54) is 11.3 Å². The van der Waals surface area contributed by atoms with E-state index in [0.717, 1.165) is 10.1 Å². The predicted molar refractivity (Wildman–Crippen MR) is 80.2 cm³/mol. The molecule has 1 amide bonds. The highest BCUT2D eigenvalue weighted by Crippen LogP contribution is 2.26. The summed E-state index contributed by atoms with van der Waals surface area (Å²) < 4.78 is 1.11. The molecule has 18 heavy (non-hydrogen) atoms. The van der Waals surface area contributed by atoms with Gasteiger partial charge in [-0.25, -0.2) is 0 Å². The number of likely N-dealkylation sites (N-methyl/N-ethyl adjacent to an activating group) is 1. The number of carbonyl (C=O) groups excluding carboxylic acids is 1. The van der Waals surface area contributed by atoms with Crippen LogP contribution in [0.5, 0.6) is 0 Å². The predicted octanol–water partition coefficient (Wildman–Crippen LogP) is 2.65. The van der Waals surface area contributed by atoms with Crippen LogP contribution in [0.3, 0.4) is 0 Å². The van der Waals surface area contributed by atoms with Crippen LogP contribution in [0.1, 0.15) is 16.6 Å². The number of rotatable bonds is 3. The first-order valence-corrected chi connectivity index (χ1v) is 6.78. The summed E-state index contributed by atoms with van der Waals surface area (Å²) in [5, 5.41) is 1.09. The molecule has 0 saturated carbocycles. The van der Waals surface area contributed by atoms with Crippen LogP contribution < -0.4 is 5.73 Å². The largest absolute Gasteiger partial charge is 0.392 e. The lowest BCUT2D eigenvalue weighted by Crippen LogP contribution is -2.42. The lowest BCUT2D eigenvalue weighted by atomic mass is 10.2. The number of thiophene rings is 1. The first-order valence-electron chi connectivity index (χ1n) is 5.55. The van der Waals surface area contributed by atoms with Crippen LogP contribution in [0.4, 0.5) is 0 Å². The Morgan fingerprint density at radius 1 is 1.44 bits per heavy atom. The van der Waals surface area contributed by atoms with Crippen LogP contribution in [-0.4, -0.2) is 28.9 Å². The number of thiocarbonyl (C=S) groups is 1. The van der Waals surface area contributed by atoms with Crippen molar-refractivity contribution in [2.75, 3.05) is 7.05 Å². The summed E-state index contributed by atoms with van der Waals surface area (Å²) in [6.07, 6.45) is 0. The Morgan fingerprint density at radius 3 is 2.72 bits per heavy atom. The van der Waals surface area contributed by atoms with Crippen molar-refractivity contribution in [2.45, 2.75) is 13.0 Å². The van der Waals surface area contributed by atoms with Gasteiger partial charge < -0.3 is 10.6 Å². The third kappa shape index (κ3) is 2.37. The molecule has 3 nitrogen and oxygen atoms in total. The van der Waals surface area contributed by atoms with E-state index in [1.54, 1.807) is 11.9 Å². The second kappa shape index (κ2) is 5.04. The fourth-order valence-corrected chi connectivity index (χ4v) is 2.83. The summed E-state index contributed by atoms with van der Waals surface area (Å²) in [6, 6.07) is 9.61. The molecule has 0 radical (unpaired) electrons. The minimum absolute atomic E-state index is 0.0449. The molecule has 2 N–H and O–H groups in total. The Morgan fingerprint density at radius 2 is 2.11 bits per heavy atom. The van der Waals surface area contributed by atoms with Crippen LogP contribution in [-0.2, 0) is 0 Å². The number of amides is 1. The third-order valence-corrected chi connectivity index (χ3v) is 4.39. The van der Waals surface area contributed by atoms with Crippen LogP contribution in [0.15, 0.2) is 30.3 Å². The molecule has 1 heterocycles. The summed E-state index contributed by atoms with van der Waals surface area (Å²) >= 11 is 6.40. The van der Waals surface area contributed by atoms with E-state index in [4.69, 9.17) is 18.0 Å². The van der Waals surface area contributed by atoms with Gasteiger partial charge in [-0.15, -0.1) is 11.3 Å². The van der Waals surface area contributed by atoms with Crippen molar-refractivity contribution >= 4 is 44.5 Å². The van der Waals surface area contributed by atoms with E-state index in [0.29, 0.717) is 9.87 Å². The van der Waals surface area contributed by atoms with Crippen molar-refractivity contribution in [3.63, 3.8) is 0 Å². The molecule has 1 aromatic heterocycles. The zero-order valence-electron chi connectivity index (χ0n) is 10.2. The minimum Gasteiger partial charge on any atom is -0.392 e. The number of carbonyl (C=O) groups is 1. The first kappa shape index (κ1) is 13.0. The molecule has 1 aromatic carbocycles. The average molecular weight is 278 g/mol. The maximum atomic E-state index is 12.3. The molecule has 0 aliphatic carbocycles. The van der Waals surface area contributed by atoms with Crippen molar-refractivity contribution in [1.82, 2.24) is 4.90 Å². The monoisotopic (exact) mass is 278 g/mol. The smallest absolute Gasteiger partial charge is 0.264 e. The Kier molecular flexibility index (Phi) is 3.63. The summed E-state index contributed by atoms with van der Waals surface area (Å²) in [4.78, 5) is 14.9. The normalized spacial score (nSPS) is 12.3. The first-order chi connectivity index (χ1) is 8.50. The number of hydrogen-bond acceptors (Lipinski definition) is 3. The van der Waals surface area contributed by atoms with E-state index in [1.807, 2.05) is 37.3 Å². The third-order valence-electron chi connectivity index (χ3n) is 2.95. The molecule has 2 rings (SSSR count). The zero-order chi connectivity index (χ0) is 13.3. The minimum atomic E-state index is -0.238. The molecule has 94 valence electrons. The van der Waals surface area contributed by atoms with Crippen molar-refractivity contribution in [3.8, 4) is 0 Å². The van der Waals surface area contributed by atoms with E-state index >= 15 is 0 Å².